The van der Waals surface area contributed by atoms with E-state index in [1.165, 1.54) is 11.1 Å². The molecule has 0 bridgehead atoms. The fourth-order valence-corrected chi connectivity index (χ4v) is 2.77. The minimum atomic E-state index is 0.997. The molecule has 0 fully saturated rings. The molecule has 2 heterocycles. The summed E-state index contributed by atoms with van der Waals surface area (Å²) in [4.78, 5) is 11.2. The van der Waals surface area contributed by atoms with Crippen LogP contribution in [0.2, 0.25) is 0 Å². The molecule has 2 aromatic heterocycles. The molecule has 116 valence electrons. The molecule has 3 nitrogen and oxygen atoms in total. The van der Waals surface area contributed by atoms with E-state index in [9.17, 15) is 0 Å². The highest BCUT2D eigenvalue weighted by Crippen LogP contribution is 2.38. The molecule has 0 aliphatic rings. The Morgan fingerprint density at radius 3 is 1.78 bits per heavy atom. The minimum Gasteiger partial charge on any atom is -0.307 e. The number of pyridine rings is 2. The lowest BCUT2D eigenvalue weighted by atomic mass is 10.1. The van der Waals surface area contributed by atoms with E-state index >= 15 is 0 Å². The Morgan fingerprint density at radius 2 is 1.26 bits per heavy atom. The van der Waals surface area contributed by atoms with Gasteiger partial charge in [0.1, 0.15) is 0 Å². The number of anilines is 3. The van der Waals surface area contributed by atoms with E-state index in [-0.39, 0.29) is 0 Å². The van der Waals surface area contributed by atoms with Crippen LogP contribution in [0.3, 0.4) is 0 Å². The molecular formula is C20H21N3. The Morgan fingerprint density at radius 1 is 0.696 bits per heavy atom. The molecule has 3 aromatic rings. The molecule has 0 spiro atoms. The molecule has 0 atom stereocenters. The summed E-state index contributed by atoms with van der Waals surface area (Å²) < 4.78 is 0. The third kappa shape index (κ3) is 2.95. The second-order valence-corrected chi connectivity index (χ2v) is 5.84. The van der Waals surface area contributed by atoms with E-state index in [4.69, 9.17) is 0 Å². The number of hydrogen-bond acceptors (Lipinski definition) is 3. The van der Waals surface area contributed by atoms with Crippen LogP contribution in [0.5, 0.6) is 0 Å². The average molecular weight is 303 g/mol. The molecular weight excluding hydrogens is 282 g/mol. The average Bonchev–Trinajstić information content (AvgIpc) is 2.54. The van der Waals surface area contributed by atoms with Gasteiger partial charge in [-0.3, -0.25) is 9.97 Å². The maximum atomic E-state index is 4.47. The largest absolute Gasteiger partial charge is 0.307 e. The number of benzene rings is 1. The van der Waals surface area contributed by atoms with Gasteiger partial charge < -0.3 is 4.90 Å². The minimum absolute atomic E-state index is 0.997. The van der Waals surface area contributed by atoms with Crippen LogP contribution in [0.15, 0.2) is 54.9 Å². The second-order valence-electron chi connectivity index (χ2n) is 5.84. The molecule has 0 saturated carbocycles. The van der Waals surface area contributed by atoms with E-state index in [2.05, 4.69) is 59.0 Å². The number of nitrogens with zero attached hydrogens (tertiary/aromatic N) is 3. The van der Waals surface area contributed by atoms with Gasteiger partial charge in [-0.05, 0) is 69.2 Å². The first kappa shape index (κ1) is 15.2. The summed E-state index contributed by atoms with van der Waals surface area (Å²) in [5, 5.41) is 0. The highest BCUT2D eigenvalue weighted by Gasteiger charge is 2.18. The summed E-state index contributed by atoms with van der Waals surface area (Å²) in [6, 6.07) is 14.7. The van der Waals surface area contributed by atoms with E-state index in [0.717, 1.165) is 28.5 Å². The van der Waals surface area contributed by atoms with Crippen LogP contribution in [-0.2, 0) is 0 Å². The predicted octanol–water partition coefficient (Wildman–Crippen LogP) is 5.18. The Hall–Kier alpha value is -2.68. The van der Waals surface area contributed by atoms with Crippen molar-refractivity contribution in [3.05, 3.63) is 77.4 Å². The molecule has 23 heavy (non-hydrogen) atoms. The zero-order valence-corrected chi connectivity index (χ0v) is 14.0. The highest BCUT2D eigenvalue weighted by atomic mass is 15.2. The summed E-state index contributed by atoms with van der Waals surface area (Å²) in [6.45, 7) is 8.34. The summed E-state index contributed by atoms with van der Waals surface area (Å²) in [7, 11) is 0. The topological polar surface area (TPSA) is 29.0 Å². The summed E-state index contributed by atoms with van der Waals surface area (Å²) in [6.07, 6.45) is 3.66. The number of aromatic nitrogens is 2. The second kappa shape index (κ2) is 6.21. The van der Waals surface area contributed by atoms with Gasteiger partial charge >= 0.3 is 0 Å². The fraction of sp³-hybridized carbons (Fsp3) is 0.200. The van der Waals surface area contributed by atoms with E-state index in [1.807, 2.05) is 38.4 Å². The van der Waals surface area contributed by atoms with Crippen LogP contribution >= 0.6 is 0 Å². The van der Waals surface area contributed by atoms with Crippen LogP contribution < -0.4 is 4.90 Å². The fourth-order valence-electron chi connectivity index (χ4n) is 2.77. The first-order valence-corrected chi connectivity index (χ1v) is 7.78. The molecule has 0 radical (unpaired) electrons. The van der Waals surface area contributed by atoms with E-state index in [1.54, 1.807) is 0 Å². The van der Waals surface area contributed by atoms with Crippen molar-refractivity contribution in [2.75, 3.05) is 4.90 Å². The zero-order valence-electron chi connectivity index (χ0n) is 14.0. The van der Waals surface area contributed by atoms with Gasteiger partial charge in [-0.1, -0.05) is 12.1 Å². The molecule has 3 rings (SSSR count). The van der Waals surface area contributed by atoms with Crippen molar-refractivity contribution < 1.29 is 0 Å². The van der Waals surface area contributed by atoms with E-state index in [0.29, 0.717) is 0 Å². The molecule has 0 saturated heterocycles. The molecule has 0 amide bonds. The Balaban J connectivity index is 2.29. The van der Waals surface area contributed by atoms with Crippen LogP contribution in [0.1, 0.15) is 22.5 Å². The first-order chi connectivity index (χ1) is 11.1. The van der Waals surface area contributed by atoms with Crippen molar-refractivity contribution in [1.82, 2.24) is 9.97 Å². The van der Waals surface area contributed by atoms with Crippen LogP contribution in [0.25, 0.3) is 0 Å². The maximum absolute atomic E-state index is 4.47. The third-order valence-corrected chi connectivity index (χ3v) is 4.05. The molecule has 1 aromatic carbocycles. The van der Waals surface area contributed by atoms with Crippen molar-refractivity contribution in [2.24, 2.45) is 0 Å². The van der Waals surface area contributed by atoms with Gasteiger partial charge in [-0.25, -0.2) is 0 Å². The van der Waals surface area contributed by atoms with Gasteiger partial charge in [0.2, 0.25) is 0 Å². The van der Waals surface area contributed by atoms with Gasteiger partial charge in [0.25, 0.3) is 0 Å². The zero-order chi connectivity index (χ0) is 16.4. The van der Waals surface area contributed by atoms with Gasteiger partial charge in [0.05, 0.1) is 22.8 Å². The maximum Gasteiger partial charge on any atom is 0.0675 e. The van der Waals surface area contributed by atoms with E-state index < -0.39 is 0 Å². The van der Waals surface area contributed by atoms with Gasteiger partial charge in [0, 0.05) is 18.1 Å². The van der Waals surface area contributed by atoms with Crippen molar-refractivity contribution in [3.63, 3.8) is 0 Å². The standard InChI is InChI=1S/C20H21N3/c1-14-9-10-15(2)20(13-14)23(18-7-5-11-21-16(18)3)19-8-6-12-22-17(19)4/h5-13H,1-4H3. The van der Waals surface area contributed by atoms with Crippen molar-refractivity contribution in [3.8, 4) is 0 Å². The Labute approximate surface area is 137 Å². The van der Waals surface area contributed by atoms with Crippen LogP contribution in [0.4, 0.5) is 17.1 Å². The van der Waals surface area contributed by atoms with Crippen molar-refractivity contribution >= 4 is 17.1 Å². The molecule has 0 unspecified atom stereocenters. The molecule has 0 aliphatic heterocycles. The monoisotopic (exact) mass is 303 g/mol. The molecule has 0 N–H and O–H groups in total. The Kier molecular flexibility index (Phi) is 4.11. The SMILES string of the molecule is Cc1ccc(C)c(N(c2cccnc2C)c2cccnc2C)c1. The molecule has 3 heteroatoms. The quantitative estimate of drug-likeness (QED) is 0.667. The van der Waals surface area contributed by atoms with Crippen LogP contribution in [0, 0.1) is 27.7 Å². The van der Waals surface area contributed by atoms with Gasteiger partial charge in [-0.15, -0.1) is 0 Å². The number of hydrogen-bond donors (Lipinski definition) is 0. The van der Waals surface area contributed by atoms with Crippen LogP contribution in [-0.4, -0.2) is 9.97 Å². The number of rotatable bonds is 3. The highest BCUT2D eigenvalue weighted by molar-refractivity contribution is 5.80. The lowest BCUT2D eigenvalue weighted by Crippen LogP contribution is -2.15. The smallest absolute Gasteiger partial charge is 0.0675 e. The Bertz CT molecular complexity index is 794. The van der Waals surface area contributed by atoms with Crippen molar-refractivity contribution in [1.29, 1.82) is 0 Å². The summed E-state index contributed by atoms with van der Waals surface area (Å²) in [5.74, 6) is 0. The summed E-state index contributed by atoms with van der Waals surface area (Å²) in [5.41, 5.74) is 7.78. The third-order valence-electron chi connectivity index (χ3n) is 4.05. The van der Waals surface area contributed by atoms with Gasteiger partial charge in [-0.2, -0.15) is 0 Å². The number of aryl methyl sites for hydroxylation is 4. The summed E-state index contributed by atoms with van der Waals surface area (Å²) >= 11 is 0. The molecule has 0 aliphatic carbocycles. The lowest BCUT2D eigenvalue weighted by Gasteiger charge is -2.29. The normalized spacial score (nSPS) is 10.6. The van der Waals surface area contributed by atoms with Gasteiger partial charge in [0.15, 0.2) is 0 Å². The lowest BCUT2D eigenvalue weighted by molar-refractivity contribution is 1.10. The first-order valence-electron chi connectivity index (χ1n) is 7.78. The predicted molar refractivity (Wildman–Crippen MR) is 95.7 cm³/mol. The van der Waals surface area contributed by atoms with Crippen molar-refractivity contribution in [2.45, 2.75) is 27.7 Å².